The maximum Gasteiger partial charge on any atom is 0.329 e. The largest absolute Gasteiger partial charge is 0.456 e. The lowest BCUT2D eigenvalue weighted by molar-refractivity contribution is -0.153. The summed E-state index contributed by atoms with van der Waals surface area (Å²) in [5.41, 5.74) is 0.130. The molecule has 3 aliphatic rings. The van der Waals surface area contributed by atoms with E-state index in [1.165, 1.54) is 32.9 Å². The highest BCUT2D eigenvalue weighted by Gasteiger charge is 2.35. The zero-order valence-corrected chi connectivity index (χ0v) is 68.6. The molecule has 6 atom stereocenters. The van der Waals surface area contributed by atoms with Gasteiger partial charge in [0.1, 0.15) is 76.6 Å². The normalized spacial score (nSPS) is 19.6. The number of allylic oxidation sites excluding steroid dienone is 6. The second-order valence-corrected chi connectivity index (χ2v) is 31.3. The average Bonchev–Trinajstić information content (AvgIpc) is 0.837. The van der Waals surface area contributed by atoms with Crippen molar-refractivity contribution >= 4 is 122 Å². The molecule has 114 heavy (non-hydrogen) atoms. The summed E-state index contributed by atoms with van der Waals surface area (Å²) < 4.78 is 59.8. The zero-order valence-electron chi connectivity index (χ0n) is 66.2. The average molecular weight is 1650 g/mol. The number of hydrogen-bond acceptors (Lipinski definition) is 24. The third kappa shape index (κ3) is 33.6. The first kappa shape index (κ1) is 95.8. The summed E-state index contributed by atoms with van der Waals surface area (Å²) in [7, 11) is 0. The van der Waals surface area contributed by atoms with E-state index < -0.39 is 142 Å². The summed E-state index contributed by atoms with van der Waals surface area (Å²) in [6, 6.07) is 3.31. The lowest BCUT2D eigenvalue weighted by Crippen LogP contribution is -2.49. The Kier molecular flexibility index (Phi) is 40.1. The summed E-state index contributed by atoms with van der Waals surface area (Å²) in [5.74, 6) is -10.5. The van der Waals surface area contributed by atoms with Gasteiger partial charge in [-0.3, -0.25) is 57.5 Å². The van der Waals surface area contributed by atoms with Gasteiger partial charge in [-0.15, -0.1) is 0 Å². The van der Waals surface area contributed by atoms with Gasteiger partial charge in [-0.2, -0.15) is 0 Å². The molecule has 6 heterocycles. The number of ether oxygens (including phenoxy) is 3. The molecule has 6 bridgehead atoms. The molecule has 0 spiro atoms. The Morgan fingerprint density at radius 2 is 0.781 bits per heavy atom. The number of nitrogens with zero attached hydrogens (tertiary/aromatic N) is 3. The maximum atomic E-state index is 14.4. The topological polar surface area (TPSA) is 431 Å². The van der Waals surface area contributed by atoms with E-state index in [4.69, 9.17) is 14.2 Å². The van der Waals surface area contributed by atoms with E-state index in [0.29, 0.717) is 53.2 Å². The van der Waals surface area contributed by atoms with Crippen molar-refractivity contribution < 1.29 is 99.3 Å². The summed E-state index contributed by atoms with van der Waals surface area (Å²) in [6.45, 7) is 23.6. The highest BCUT2D eigenvalue weighted by Crippen LogP contribution is 2.20. The van der Waals surface area contributed by atoms with Gasteiger partial charge in [0.15, 0.2) is 26.9 Å². The van der Waals surface area contributed by atoms with Crippen LogP contribution in [0.2, 0.25) is 0 Å². The summed E-state index contributed by atoms with van der Waals surface area (Å²) >= 11 is 3.44. The molecule has 0 saturated heterocycles. The molecule has 0 aromatic carbocycles. The third-order valence-corrected chi connectivity index (χ3v) is 18.6. The van der Waals surface area contributed by atoms with Crippen LogP contribution < -0.4 is 47.9 Å². The molecular formula is C78H99F3N12O18S3. The van der Waals surface area contributed by atoms with Crippen LogP contribution in [0.25, 0.3) is 0 Å². The molecule has 0 radical (unpaired) electrons. The van der Waals surface area contributed by atoms with Crippen molar-refractivity contribution in [3.8, 4) is 0 Å². The minimum absolute atomic E-state index is 0.0195. The molecule has 9 N–H and O–H groups in total. The SMILES string of the molecule is CC(=O)SCC/C=C/[C@@H]1CC(=O)NCc2cc(F)cc(n2)C(=O)NC(=C(C)C)C(=O)N[C@@H](C(C)C)C(=O)O1.CC(=O)SCC/C=C/[C@@H]1CC(=O)NCc2ccc(F)c(n2)C(=O)NC(=C(C)C)C(=O)N[C@@H](C(C)C)C(=O)O1.CC(=O)SCC/C=C/[C@@H]1CC(=O)NCc2nc(ccc2F)C(=O)NC(=C(C)C)C(=O)N[C@@H](C(C)C)C(=O)O1. The third-order valence-electron chi connectivity index (χ3n) is 16.0. The number of hydrogen-bond donors (Lipinski definition) is 9. The fourth-order valence-electron chi connectivity index (χ4n) is 10.1. The van der Waals surface area contributed by atoms with Crippen LogP contribution in [0.5, 0.6) is 0 Å². The van der Waals surface area contributed by atoms with Crippen molar-refractivity contribution in [2.45, 2.75) is 198 Å². The number of aromatic nitrogens is 3. The van der Waals surface area contributed by atoms with E-state index in [2.05, 4.69) is 62.8 Å². The van der Waals surface area contributed by atoms with Crippen LogP contribution in [0.4, 0.5) is 13.2 Å². The van der Waals surface area contributed by atoms with Crippen LogP contribution >= 0.6 is 35.3 Å². The number of fused-ring (bicyclic) bond motifs is 6. The van der Waals surface area contributed by atoms with Crippen LogP contribution in [0.15, 0.2) is 107 Å². The molecule has 36 heteroatoms. The van der Waals surface area contributed by atoms with E-state index in [-0.39, 0.29) is 106 Å². The van der Waals surface area contributed by atoms with E-state index in [1.807, 2.05) is 0 Å². The Balaban J connectivity index is 0.000000360. The second-order valence-electron chi connectivity index (χ2n) is 27.5. The Hall–Kier alpha value is -10.6. The molecule has 0 aliphatic carbocycles. The Morgan fingerprint density at radius 1 is 0.430 bits per heavy atom. The Morgan fingerprint density at radius 3 is 1.15 bits per heavy atom. The van der Waals surface area contributed by atoms with Crippen molar-refractivity contribution in [2.24, 2.45) is 17.8 Å². The number of amides is 9. The minimum atomic E-state index is -1.10. The lowest BCUT2D eigenvalue weighted by atomic mass is 10.0. The molecule has 3 aromatic rings. The zero-order chi connectivity index (χ0) is 85.2. The van der Waals surface area contributed by atoms with Gasteiger partial charge in [0.2, 0.25) is 17.7 Å². The second kappa shape index (κ2) is 47.8. The number of cyclic esters (lactones) is 3. The Labute approximate surface area is 672 Å². The van der Waals surface area contributed by atoms with Crippen LogP contribution in [0, 0.1) is 35.2 Å². The quantitative estimate of drug-likeness (QED) is 0.0232. The highest BCUT2D eigenvalue weighted by molar-refractivity contribution is 8.14. The standard InChI is InChI=1S/3C26H33FN4O6S/c1-14(2)21-24(34)31-22(15(3)4)26(36)37-18(8-6-7-11-38-16(5)32)12-20(33)28-13-17-9-10-19(27)23(29-17)25(35)30-21;1-14(2)22-25(35)31-23(15(3)4)26(36)37-17(8-6-7-11-38-16(5)32)12-21(33)28-13-20-18(27)9-10-19(29-20)24(34)30-22;1-14(2)22-25(35)31-23(15(3)4)26(36)37-19(8-6-7-9-38-16(5)32)12-21(33)28-13-18-10-17(27)11-20(29-18)24(34)30-22/h6,8-10,15,18,22H,7,11-13H2,1-5H3,(H,28,33)(H,30,35)(H,31,34);6,8-10,15,17,23H,7,11-13H2,1-5H3,(H,28,33)(H,30,34)(H,31,35);6,8,10-11,15,19,23H,7,9,12-13H2,1-5H3,(H,28,33)(H,30,34)(H,31,35)/b3*8-6+/t18-,22+;17-,23+;19-,23+/m111/s1. The highest BCUT2D eigenvalue weighted by atomic mass is 32.2. The number of nitrogens with one attached hydrogen (secondary N) is 9. The smallest absolute Gasteiger partial charge is 0.329 e. The van der Waals surface area contributed by atoms with Crippen molar-refractivity contribution in [2.75, 3.05) is 17.3 Å². The van der Waals surface area contributed by atoms with E-state index >= 15 is 0 Å². The van der Waals surface area contributed by atoms with E-state index in [1.54, 1.807) is 120 Å². The van der Waals surface area contributed by atoms with Gasteiger partial charge in [0.05, 0.1) is 56.0 Å². The molecule has 3 aliphatic heterocycles. The van der Waals surface area contributed by atoms with Gasteiger partial charge in [-0.25, -0.2) is 42.5 Å². The van der Waals surface area contributed by atoms with Gasteiger partial charge >= 0.3 is 17.9 Å². The van der Waals surface area contributed by atoms with Gasteiger partial charge < -0.3 is 62.1 Å². The number of pyridine rings is 3. The van der Waals surface area contributed by atoms with Crippen LogP contribution in [-0.4, -0.2) is 155 Å². The number of thioether (sulfide) groups is 3. The van der Waals surface area contributed by atoms with Crippen molar-refractivity contribution in [1.82, 2.24) is 62.8 Å². The van der Waals surface area contributed by atoms with Crippen molar-refractivity contribution in [3.63, 3.8) is 0 Å². The molecule has 0 saturated carbocycles. The summed E-state index contributed by atoms with van der Waals surface area (Å²) in [6.07, 6.45) is 7.65. The first-order valence-corrected chi connectivity index (χ1v) is 39.3. The number of carbonyl (C=O) groups is 15. The number of halogens is 3. The monoisotopic (exact) mass is 1640 g/mol. The van der Waals surface area contributed by atoms with Gasteiger partial charge in [0.25, 0.3) is 35.4 Å². The summed E-state index contributed by atoms with van der Waals surface area (Å²) in [5, 5.41) is 22.8. The molecule has 0 fully saturated rings. The molecular weight excluding hydrogens is 1550 g/mol. The predicted molar refractivity (Wildman–Crippen MR) is 420 cm³/mol. The lowest BCUT2D eigenvalue weighted by Gasteiger charge is -2.24. The molecule has 6 rings (SSSR count). The summed E-state index contributed by atoms with van der Waals surface area (Å²) in [4.78, 5) is 200. The number of esters is 3. The van der Waals surface area contributed by atoms with Gasteiger partial charge in [0, 0.05) is 44.1 Å². The maximum absolute atomic E-state index is 14.4. The molecule has 30 nitrogen and oxygen atoms in total. The van der Waals surface area contributed by atoms with E-state index in [0.717, 1.165) is 59.6 Å². The van der Waals surface area contributed by atoms with Crippen LogP contribution in [0.3, 0.4) is 0 Å². The first-order valence-electron chi connectivity index (χ1n) is 36.3. The molecule has 3 aromatic heterocycles. The first-order chi connectivity index (χ1) is 53.6. The van der Waals surface area contributed by atoms with Gasteiger partial charge in [-0.05, 0) is 144 Å². The number of rotatable bonds is 15. The van der Waals surface area contributed by atoms with Crippen LogP contribution in [0.1, 0.15) is 191 Å². The van der Waals surface area contributed by atoms with Gasteiger partial charge in [-0.1, -0.05) is 95.1 Å². The molecule has 9 amide bonds. The fourth-order valence-corrected chi connectivity index (χ4v) is 11.7. The fraction of sp³-hybridized carbons (Fsp3) is 0.462. The number of carbonyl (C=O) groups excluding carboxylic acids is 15. The predicted octanol–water partition coefficient (Wildman–Crippen LogP) is 7.63. The minimum Gasteiger partial charge on any atom is -0.456 e. The molecule has 618 valence electrons. The van der Waals surface area contributed by atoms with E-state index in [9.17, 15) is 85.1 Å². The Bertz CT molecular complexity index is 4280. The molecule has 0 unspecified atom stereocenters. The van der Waals surface area contributed by atoms with Crippen molar-refractivity contribution in [1.29, 1.82) is 0 Å². The van der Waals surface area contributed by atoms with Crippen LogP contribution in [-0.2, 0) is 91.4 Å². The van der Waals surface area contributed by atoms with Crippen molar-refractivity contribution in [3.05, 3.63) is 158 Å².